The van der Waals surface area contributed by atoms with Crippen molar-refractivity contribution in [2.24, 2.45) is 11.3 Å². The lowest BCUT2D eigenvalue weighted by molar-refractivity contribution is -0.108. The lowest BCUT2D eigenvalue weighted by atomic mass is 9.61. The topological polar surface area (TPSA) is 60.7 Å². The monoisotopic (exact) mass is 254 g/mol. The number of hydrogen-bond donors (Lipinski definition) is 3. The smallest absolute Gasteiger partial charge is 0.114 e. The Morgan fingerprint density at radius 2 is 1.89 bits per heavy atom. The third-order valence-corrected chi connectivity index (χ3v) is 3.77. The van der Waals surface area contributed by atoms with Gasteiger partial charge in [-0.15, -0.1) is 0 Å². The summed E-state index contributed by atoms with van der Waals surface area (Å²) < 4.78 is 0. The van der Waals surface area contributed by atoms with E-state index in [0.29, 0.717) is 19.3 Å². The molecule has 1 aliphatic carbocycles. The first kappa shape index (κ1) is 15.5. The first-order chi connectivity index (χ1) is 8.19. The first-order valence-electron chi connectivity index (χ1n) is 6.78. The van der Waals surface area contributed by atoms with Crippen LogP contribution in [0.25, 0.3) is 0 Å². The highest BCUT2D eigenvalue weighted by Crippen LogP contribution is 2.45. The van der Waals surface area contributed by atoms with Crippen LogP contribution in [-0.2, 0) is 0 Å². The zero-order chi connectivity index (χ0) is 14.0. The fourth-order valence-corrected chi connectivity index (χ4v) is 3.11. The van der Waals surface area contributed by atoms with Crippen LogP contribution in [0.3, 0.4) is 0 Å². The van der Waals surface area contributed by atoms with Crippen molar-refractivity contribution < 1.29 is 15.3 Å². The van der Waals surface area contributed by atoms with Crippen LogP contribution in [0.2, 0.25) is 0 Å². The Hall–Kier alpha value is -0.560. The largest absolute Gasteiger partial charge is 0.393 e. The van der Waals surface area contributed by atoms with E-state index in [9.17, 15) is 15.3 Å². The van der Waals surface area contributed by atoms with Crippen molar-refractivity contribution in [2.45, 2.75) is 71.2 Å². The minimum atomic E-state index is -1.000. The van der Waals surface area contributed by atoms with E-state index >= 15 is 0 Å². The first-order valence-corrected chi connectivity index (χ1v) is 6.78. The molecule has 0 radical (unpaired) electrons. The van der Waals surface area contributed by atoms with E-state index < -0.39 is 17.8 Å². The molecule has 1 saturated carbocycles. The molecule has 0 saturated heterocycles. The average molecular weight is 254 g/mol. The summed E-state index contributed by atoms with van der Waals surface area (Å²) >= 11 is 0. The molecule has 3 heteroatoms. The number of aliphatic hydroxyl groups excluding tert-OH is 2. The Morgan fingerprint density at radius 1 is 1.28 bits per heavy atom. The summed E-state index contributed by atoms with van der Waals surface area (Å²) in [4.78, 5) is 0. The van der Waals surface area contributed by atoms with Crippen LogP contribution in [-0.4, -0.2) is 33.1 Å². The van der Waals surface area contributed by atoms with Crippen LogP contribution in [0.15, 0.2) is 0 Å². The van der Waals surface area contributed by atoms with Gasteiger partial charge in [0.25, 0.3) is 0 Å². The molecule has 0 heterocycles. The standard InChI is InChI=1S/C15H26O3/c1-5-6-11(16)7-8-13-14(2,3)9-12(17)10-15(13,4)18/h11-13,16-18H,5-6,9-10H2,1-4H3. The molecule has 1 fully saturated rings. The molecule has 0 aromatic heterocycles. The summed E-state index contributed by atoms with van der Waals surface area (Å²) in [6.07, 6.45) is 1.43. The minimum absolute atomic E-state index is 0.222. The van der Waals surface area contributed by atoms with Gasteiger partial charge in [-0.1, -0.05) is 39.0 Å². The fraction of sp³-hybridized carbons (Fsp3) is 0.867. The maximum Gasteiger partial charge on any atom is 0.114 e. The molecule has 0 aliphatic heterocycles. The van der Waals surface area contributed by atoms with Crippen molar-refractivity contribution in [3.63, 3.8) is 0 Å². The molecule has 0 amide bonds. The second-order valence-corrected chi connectivity index (χ2v) is 6.43. The highest BCUT2D eigenvalue weighted by molar-refractivity contribution is 5.18. The quantitative estimate of drug-likeness (QED) is 0.657. The summed E-state index contributed by atoms with van der Waals surface area (Å²) in [5, 5.41) is 29.9. The van der Waals surface area contributed by atoms with Crippen molar-refractivity contribution in [1.29, 1.82) is 0 Å². The molecular weight excluding hydrogens is 228 g/mol. The summed E-state index contributed by atoms with van der Waals surface area (Å²) in [7, 11) is 0. The van der Waals surface area contributed by atoms with Crippen LogP contribution in [0.4, 0.5) is 0 Å². The van der Waals surface area contributed by atoms with Gasteiger partial charge in [-0.3, -0.25) is 0 Å². The van der Waals surface area contributed by atoms with Crippen molar-refractivity contribution in [3.8, 4) is 11.8 Å². The van der Waals surface area contributed by atoms with Gasteiger partial charge in [-0.25, -0.2) is 0 Å². The molecule has 3 nitrogen and oxygen atoms in total. The molecule has 1 aliphatic rings. The van der Waals surface area contributed by atoms with Gasteiger partial charge in [0.1, 0.15) is 6.10 Å². The molecule has 4 atom stereocenters. The van der Waals surface area contributed by atoms with Crippen molar-refractivity contribution in [2.75, 3.05) is 0 Å². The van der Waals surface area contributed by atoms with Crippen molar-refractivity contribution in [3.05, 3.63) is 0 Å². The molecule has 1 rings (SSSR count). The fourth-order valence-electron chi connectivity index (χ4n) is 3.11. The third-order valence-electron chi connectivity index (χ3n) is 3.77. The van der Waals surface area contributed by atoms with E-state index in [1.54, 1.807) is 6.92 Å². The minimum Gasteiger partial charge on any atom is -0.393 e. The van der Waals surface area contributed by atoms with E-state index in [2.05, 4.69) is 11.8 Å². The second kappa shape index (κ2) is 5.61. The SMILES string of the molecule is CCCC(O)C#CC1C(C)(C)CC(O)CC1(C)O. The van der Waals surface area contributed by atoms with Gasteiger partial charge in [0.15, 0.2) is 0 Å². The van der Waals surface area contributed by atoms with Crippen LogP contribution in [0.5, 0.6) is 0 Å². The second-order valence-electron chi connectivity index (χ2n) is 6.43. The average Bonchev–Trinajstić information content (AvgIpc) is 2.12. The van der Waals surface area contributed by atoms with E-state index in [0.717, 1.165) is 6.42 Å². The highest BCUT2D eigenvalue weighted by atomic mass is 16.3. The number of hydrogen-bond acceptors (Lipinski definition) is 3. The zero-order valence-corrected chi connectivity index (χ0v) is 11.9. The van der Waals surface area contributed by atoms with Gasteiger partial charge in [-0.05, 0) is 25.2 Å². The van der Waals surface area contributed by atoms with Gasteiger partial charge in [0.05, 0.1) is 17.6 Å². The Kier molecular flexibility index (Phi) is 4.83. The van der Waals surface area contributed by atoms with Crippen molar-refractivity contribution >= 4 is 0 Å². The zero-order valence-electron chi connectivity index (χ0n) is 11.9. The van der Waals surface area contributed by atoms with Crippen LogP contribution in [0, 0.1) is 23.2 Å². The number of aliphatic hydroxyl groups is 3. The predicted octanol–water partition coefficient (Wildman–Crippen LogP) is 1.70. The predicted molar refractivity (Wildman–Crippen MR) is 71.8 cm³/mol. The van der Waals surface area contributed by atoms with E-state index in [1.165, 1.54) is 0 Å². The Bertz CT molecular complexity index is 317. The van der Waals surface area contributed by atoms with E-state index in [4.69, 9.17) is 0 Å². The molecular formula is C15H26O3. The molecule has 104 valence electrons. The summed E-state index contributed by atoms with van der Waals surface area (Å²) in [5.41, 5.74) is -1.25. The summed E-state index contributed by atoms with van der Waals surface area (Å²) in [5.74, 6) is 5.67. The molecule has 0 aromatic carbocycles. The Balaban J connectivity index is 2.89. The molecule has 18 heavy (non-hydrogen) atoms. The Morgan fingerprint density at radius 3 is 2.39 bits per heavy atom. The summed E-state index contributed by atoms with van der Waals surface area (Å²) in [6.45, 7) is 7.75. The van der Waals surface area contributed by atoms with Gasteiger partial charge in [0.2, 0.25) is 0 Å². The van der Waals surface area contributed by atoms with Crippen LogP contribution < -0.4 is 0 Å². The molecule has 0 spiro atoms. The van der Waals surface area contributed by atoms with Gasteiger partial charge in [-0.2, -0.15) is 0 Å². The van der Waals surface area contributed by atoms with Gasteiger partial charge >= 0.3 is 0 Å². The maximum absolute atomic E-state index is 10.4. The highest BCUT2D eigenvalue weighted by Gasteiger charge is 2.48. The van der Waals surface area contributed by atoms with Crippen LogP contribution in [0.1, 0.15) is 53.4 Å². The molecule has 4 unspecified atom stereocenters. The lowest BCUT2D eigenvalue weighted by Gasteiger charge is -2.47. The third kappa shape index (κ3) is 3.71. The maximum atomic E-state index is 10.4. The van der Waals surface area contributed by atoms with E-state index in [1.807, 2.05) is 20.8 Å². The van der Waals surface area contributed by atoms with E-state index in [-0.39, 0.29) is 11.3 Å². The van der Waals surface area contributed by atoms with Crippen LogP contribution >= 0.6 is 0 Å². The van der Waals surface area contributed by atoms with Gasteiger partial charge < -0.3 is 15.3 Å². The van der Waals surface area contributed by atoms with Gasteiger partial charge in [0, 0.05) is 6.42 Å². The molecule has 0 aromatic rings. The summed E-state index contributed by atoms with van der Waals surface area (Å²) in [6, 6.07) is 0. The van der Waals surface area contributed by atoms with Crippen molar-refractivity contribution in [1.82, 2.24) is 0 Å². The molecule has 0 bridgehead atoms. The number of rotatable bonds is 2. The lowest BCUT2D eigenvalue weighted by Crippen LogP contribution is -2.51. The Labute approximate surface area is 110 Å². The normalized spacial score (nSPS) is 36.6. The molecule has 3 N–H and O–H groups in total.